The molecule has 4 nitrogen and oxygen atoms in total. The molecule has 10 heavy (non-hydrogen) atoms. The SMILES string of the molecule is O=C1CCCC1[N+](=O)O.[NaH]. The molecule has 1 unspecified atom stereocenters. The average molecular weight is 154 g/mol. The number of carbonyl (C=O) groups excluding carboxylic acids is 1. The Kier molecular flexibility index (Phi) is 4.08. The molecule has 0 aromatic rings. The van der Waals surface area contributed by atoms with Crippen LogP contribution >= 0.6 is 0 Å². The van der Waals surface area contributed by atoms with Crippen molar-refractivity contribution in [3.8, 4) is 0 Å². The van der Waals surface area contributed by atoms with E-state index in [2.05, 4.69) is 0 Å². The predicted octanol–water partition coefficient (Wildman–Crippen LogP) is -0.372. The normalized spacial score (nSPS) is 24.0. The van der Waals surface area contributed by atoms with Gasteiger partial charge in [0, 0.05) is 12.8 Å². The molecule has 1 N–H and O–H groups in total. The summed E-state index contributed by atoms with van der Waals surface area (Å²) in [7, 11) is 0. The van der Waals surface area contributed by atoms with Crippen molar-refractivity contribution in [1.82, 2.24) is 0 Å². The summed E-state index contributed by atoms with van der Waals surface area (Å²) in [6.07, 6.45) is 1.66. The molecular formula is C5H9NNaO3+. The molecule has 0 heterocycles. The van der Waals surface area contributed by atoms with E-state index in [-0.39, 0.29) is 40.3 Å². The molecule has 0 bridgehead atoms. The Hall–Kier alpha value is 0.0700. The van der Waals surface area contributed by atoms with E-state index in [1.54, 1.807) is 0 Å². The quantitative estimate of drug-likeness (QED) is 0.414. The molecule has 0 saturated heterocycles. The van der Waals surface area contributed by atoms with Crippen LogP contribution in [0.5, 0.6) is 0 Å². The monoisotopic (exact) mass is 154 g/mol. The molecule has 0 amide bonds. The first-order valence-corrected chi connectivity index (χ1v) is 2.90. The third kappa shape index (κ3) is 2.04. The Morgan fingerprint density at radius 2 is 2.20 bits per heavy atom. The van der Waals surface area contributed by atoms with Gasteiger partial charge in [-0.3, -0.25) is 4.79 Å². The first-order valence-electron chi connectivity index (χ1n) is 2.90. The van der Waals surface area contributed by atoms with Gasteiger partial charge >= 0.3 is 35.6 Å². The molecule has 0 aromatic carbocycles. The standard InChI is InChI=1S/C5H8NO3.Na.H/c7-5-3-1-2-4(5)6(8)9;;/h4H,1-3H2,(H,8,9);;/q+1;;. The Morgan fingerprint density at radius 1 is 1.60 bits per heavy atom. The fraction of sp³-hybridized carbons (Fsp3) is 0.800. The maximum atomic E-state index is 10.6. The van der Waals surface area contributed by atoms with Crippen molar-refractivity contribution < 1.29 is 14.9 Å². The summed E-state index contributed by atoms with van der Waals surface area (Å²) >= 11 is 0. The second-order valence-electron chi connectivity index (χ2n) is 2.18. The molecular weight excluding hydrogens is 145 g/mol. The van der Waals surface area contributed by atoms with Gasteiger partial charge in [0.2, 0.25) is 10.7 Å². The molecule has 0 aromatic heterocycles. The zero-order chi connectivity index (χ0) is 6.85. The zero-order valence-corrected chi connectivity index (χ0v) is 4.91. The Bertz CT molecular complexity index is 159. The van der Waals surface area contributed by atoms with Crippen LogP contribution in [0.4, 0.5) is 0 Å². The summed E-state index contributed by atoms with van der Waals surface area (Å²) in [4.78, 5) is 20.5. The molecule has 1 aliphatic carbocycles. The first-order chi connectivity index (χ1) is 4.22. The van der Waals surface area contributed by atoms with E-state index >= 15 is 0 Å². The minimum atomic E-state index is -0.773. The van der Waals surface area contributed by atoms with E-state index in [4.69, 9.17) is 5.21 Å². The van der Waals surface area contributed by atoms with Crippen molar-refractivity contribution in [1.29, 1.82) is 0 Å². The van der Waals surface area contributed by atoms with Crippen LogP contribution in [0, 0.1) is 4.91 Å². The van der Waals surface area contributed by atoms with E-state index < -0.39 is 6.04 Å². The van der Waals surface area contributed by atoms with Crippen LogP contribution in [0.25, 0.3) is 0 Å². The molecule has 0 radical (unpaired) electrons. The topological polar surface area (TPSA) is 57.4 Å². The van der Waals surface area contributed by atoms with E-state index in [0.29, 0.717) is 12.8 Å². The van der Waals surface area contributed by atoms with Gasteiger partial charge in [0.25, 0.3) is 0 Å². The van der Waals surface area contributed by atoms with Gasteiger partial charge in [-0.15, -0.1) is 0 Å². The van der Waals surface area contributed by atoms with Crippen molar-refractivity contribution in [3.63, 3.8) is 0 Å². The molecule has 0 spiro atoms. The molecule has 1 atom stereocenters. The van der Waals surface area contributed by atoms with E-state index in [1.807, 2.05) is 0 Å². The van der Waals surface area contributed by atoms with Crippen LogP contribution in [-0.2, 0) is 4.79 Å². The Labute approximate surface area is 80.4 Å². The number of hydrogen-bond acceptors (Lipinski definition) is 2. The number of ketones is 1. The number of nitrogens with zero attached hydrogens (tertiary/aromatic N) is 1. The predicted molar refractivity (Wildman–Crippen MR) is 35.2 cm³/mol. The number of Topliss-reactive ketones (excluding diaryl/α,β-unsaturated/α-hetero) is 1. The summed E-state index contributed by atoms with van der Waals surface area (Å²) in [5, 5.41) is 8.28. The number of rotatable bonds is 1. The van der Waals surface area contributed by atoms with Crippen molar-refractivity contribution in [2.24, 2.45) is 0 Å². The number of hydrogen-bond donors (Lipinski definition) is 1. The molecule has 52 valence electrons. The molecule has 1 fully saturated rings. The summed E-state index contributed by atoms with van der Waals surface area (Å²) in [5.74, 6) is -0.146. The van der Waals surface area contributed by atoms with Crippen molar-refractivity contribution in [2.45, 2.75) is 25.3 Å². The third-order valence-electron chi connectivity index (χ3n) is 1.54. The van der Waals surface area contributed by atoms with Gasteiger partial charge in [-0.2, -0.15) is 0 Å². The van der Waals surface area contributed by atoms with Crippen molar-refractivity contribution >= 4 is 35.3 Å². The van der Waals surface area contributed by atoms with Crippen LogP contribution in [0.2, 0.25) is 0 Å². The van der Waals surface area contributed by atoms with Crippen LogP contribution < -0.4 is 0 Å². The van der Waals surface area contributed by atoms with Crippen LogP contribution in [0.15, 0.2) is 0 Å². The van der Waals surface area contributed by atoms with Gasteiger partial charge in [0.15, 0.2) is 0 Å². The molecule has 0 aliphatic heterocycles. The summed E-state index contributed by atoms with van der Waals surface area (Å²) in [6, 6.07) is -0.773. The fourth-order valence-corrected chi connectivity index (χ4v) is 1.03. The van der Waals surface area contributed by atoms with E-state index in [9.17, 15) is 9.70 Å². The van der Waals surface area contributed by atoms with Gasteiger partial charge in [-0.1, -0.05) is 0 Å². The van der Waals surface area contributed by atoms with Gasteiger partial charge in [0.05, 0.1) is 4.91 Å². The minimum absolute atomic E-state index is 0. The molecule has 5 heteroatoms. The Morgan fingerprint density at radius 3 is 2.40 bits per heavy atom. The fourth-order valence-electron chi connectivity index (χ4n) is 1.03. The first kappa shape index (κ1) is 10.1. The van der Waals surface area contributed by atoms with Crippen LogP contribution in [0.3, 0.4) is 0 Å². The van der Waals surface area contributed by atoms with E-state index in [0.717, 1.165) is 6.42 Å². The van der Waals surface area contributed by atoms with Crippen molar-refractivity contribution in [2.75, 3.05) is 0 Å². The summed E-state index contributed by atoms with van der Waals surface area (Å²) in [5.41, 5.74) is 0. The average Bonchev–Trinajstić information content (AvgIpc) is 2.13. The second kappa shape index (κ2) is 4.05. The summed E-state index contributed by atoms with van der Waals surface area (Å²) in [6.45, 7) is 0. The van der Waals surface area contributed by atoms with Gasteiger partial charge < -0.3 is 0 Å². The van der Waals surface area contributed by atoms with Crippen molar-refractivity contribution in [3.05, 3.63) is 4.91 Å². The van der Waals surface area contributed by atoms with Gasteiger partial charge in [-0.05, 0) is 6.42 Å². The van der Waals surface area contributed by atoms with Gasteiger partial charge in [-0.25, -0.2) is 5.21 Å². The van der Waals surface area contributed by atoms with Crippen LogP contribution in [0.1, 0.15) is 19.3 Å². The summed E-state index contributed by atoms with van der Waals surface area (Å²) < 4.78 is 0. The maximum absolute atomic E-state index is 10.6. The Balaban J connectivity index is 0.000000810. The van der Waals surface area contributed by atoms with Crippen LogP contribution in [-0.4, -0.2) is 51.5 Å². The third-order valence-corrected chi connectivity index (χ3v) is 1.54. The molecule has 1 aliphatic rings. The molecule has 1 rings (SSSR count). The number of carbonyl (C=O) groups is 1. The van der Waals surface area contributed by atoms with E-state index in [1.165, 1.54) is 0 Å². The molecule has 1 saturated carbocycles. The zero-order valence-electron chi connectivity index (χ0n) is 4.91. The second-order valence-corrected chi connectivity index (χ2v) is 2.18. The van der Waals surface area contributed by atoms with Gasteiger partial charge in [0.1, 0.15) is 0 Å².